The molecule has 1 fully saturated rings. The summed E-state index contributed by atoms with van der Waals surface area (Å²) in [5, 5.41) is 4.99. The number of amides is 3. The number of carbonyl (C=O) groups is 3. The molecule has 3 rings (SSSR count). The molecular formula is C23H26N2O5. The molecule has 2 aromatic carbocycles. The van der Waals surface area contributed by atoms with Gasteiger partial charge in [-0.2, -0.15) is 0 Å². The number of urea groups is 1. The number of para-hydroxylation sites is 1. The maximum absolute atomic E-state index is 12.4. The van der Waals surface area contributed by atoms with Gasteiger partial charge in [0, 0.05) is 11.6 Å². The minimum absolute atomic E-state index is 0.0885. The lowest BCUT2D eigenvalue weighted by Crippen LogP contribution is -2.46. The van der Waals surface area contributed by atoms with Crippen LogP contribution in [0.2, 0.25) is 0 Å². The van der Waals surface area contributed by atoms with Gasteiger partial charge in [0.05, 0.1) is 5.56 Å². The fourth-order valence-corrected chi connectivity index (χ4v) is 3.36. The number of rotatable bonds is 7. The van der Waals surface area contributed by atoms with E-state index in [-0.39, 0.29) is 12.6 Å². The zero-order valence-electron chi connectivity index (χ0n) is 16.8. The Bertz CT molecular complexity index is 863. The van der Waals surface area contributed by atoms with Gasteiger partial charge in [-0.15, -0.1) is 0 Å². The average Bonchev–Trinajstić information content (AvgIpc) is 2.77. The summed E-state index contributed by atoms with van der Waals surface area (Å²) in [5.74, 6) is -0.635. The maximum atomic E-state index is 12.4. The van der Waals surface area contributed by atoms with Crippen LogP contribution in [0.3, 0.4) is 0 Å². The fraction of sp³-hybridized carbons (Fsp3) is 0.348. The van der Waals surface area contributed by atoms with E-state index < -0.39 is 24.5 Å². The van der Waals surface area contributed by atoms with E-state index in [2.05, 4.69) is 10.6 Å². The third-order valence-corrected chi connectivity index (χ3v) is 4.90. The van der Waals surface area contributed by atoms with Crippen molar-refractivity contribution in [2.45, 2.75) is 44.8 Å². The van der Waals surface area contributed by atoms with Crippen LogP contribution in [-0.4, -0.2) is 30.6 Å². The first-order valence-electron chi connectivity index (χ1n) is 10.1. The molecular weight excluding hydrogens is 384 g/mol. The molecule has 7 nitrogen and oxygen atoms in total. The van der Waals surface area contributed by atoms with Crippen molar-refractivity contribution in [2.24, 2.45) is 0 Å². The summed E-state index contributed by atoms with van der Waals surface area (Å²) in [6.07, 6.45) is 5.15. The Balaban J connectivity index is 1.47. The summed E-state index contributed by atoms with van der Waals surface area (Å²) < 4.78 is 10.8. The monoisotopic (exact) mass is 410 g/mol. The van der Waals surface area contributed by atoms with E-state index in [9.17, 15) is 14.4 Å². The van der Waals surface area contributed by atoms with Crippen LogP contribution in [0, 0.1) is 0 Å². The molecule has 0 radical (unpaired) electrons. The number of hydrogen-bond donors (Lipinski definition) is 2. The molecule has 7 heteroatoms. The number of carbonyl (C=O) groups excluding carboxylic acids is 3. The van der Waals surface area contributed by atoms with Crippen molar-refractivity contribution in [1.82, 2.24) is 10.6 Å². The highest BCUT2D eigenvalue weighted by atomic mass is 16.5. The van der Waals surface area contributed by atoms with Gasteiger partial charge in [0.15, 0.2) is 6.61 Å². The van der Waals surface area contributed by atoms with Crippen molar-refractivity contribution >= 4 is 17.9 Å². The SMILES string of the molecule is O=C(COC(=O)c1ccccc1COc1ccccc1)NC(=O)NC1CCCCC1. The second kappa shape index (κ2) is 11.0. The van der Waals surface area contributed by atoms with E-state index in [0.717, 1.165) is 25.7 Å². The van der Waals surface area contributed by atoms with Crippen molar-refractivity contribution in [3.63, 3.8) is 0 Å². The highest BCUT2D eigenvalue weighted by molar-refractivity contribution is 5.97. The molecule has 1 aliphatic rings. The van der Waals surface area contributed by atoms with Crippen LogP contribution in [-0.2, 0) is 16.1 Å². The Kier molecular flexibility index (Phi) is 7.83. The van der Waals surface area contributed by atoms with Crippen LogP contribution in [0.1, 0.15) is 48.0 Å². The summed E-state index contributed by atoms with van der Waals surface area (Å²) in [7, 11) is 0. The number of ether oxygens (including phenoxy) is 2. The molecule has 3 amide bonds. The molecule has 1 saturated carbocycles. The molecule has 0 aliphatic heterocycles. The summed E-state index contributed by atoms with van der Waals surface area (Å²) in [6, 6.07) is 15.7. The first-order valence-corrected chi connectivity index (χ1v) is 10.1. The Morgan fingerprint density at radius 2 is 1.60 bits per heavy atom. The number of esters is 1. The third kappa shape index (κ3) is 6.62. The highest BCUT2D eigenvalue weighted by Crippen LogP contribution is 2.17. The number of imide groups is 1. The van der Waals surface area contributed by atoms with Gasteiger partial charge in [-0.3, -0.25) is 10.1 Å². The Morgan fingerprint density at radius 3 is 2.37 bits per heavy atom. The van der Waals surface area contributed by atoms with E-state index in [1.54, 1.807) is 24.3 Å². The molecule has 0 aromatic heterocycles. The van der Waals surface area contributed by atoms with Gasteiger partial charge in [0.2, 0.25) is 0 Å². The summed E-state index contributed by atoms with van der Waals surface area (Å²) in [5.41, 5.74) is 0.953. The zero-order valence-corrected chi connectivity index (χ0v) is 16.8. The first kappa shape index (κ1) is 21.4. The molecule has 2 N–H and O–H groups in total. The molecule has 0 unspecified atom stereocenters. The largest absolute Gasteiger partial charge is 0.489 e. The number of nitrogens with one attached hydrogen (secondary N) is 2. The maximum Gasteiger partial charge on any atom is 0.339 e. The summed E-state index contributed by atoms with van der Waals surface area (Å²) in [6.45, 7) is -0.351. The lowest BCUT2D eigenvalue weighted by molar-refractivity contribution is -0.123. The van der Waals surface area contributed by atoms with Gasteiger partial charge in [-0.05, 0) is 31.0 Å². The molecule has 0 heterocycles. The van der Waals surface area contributed by atoms with Crippen molar-refractivity contribution < 1.29 is 23.9 Å². The van der Waals surface area contributed by atoms with E-state index in [1.165, 1.54) is 6.42 Å². The molecule has 0 saturated heterocycles. The van der Waals surface area contributed by atoms with Crippen molar-refractivity contribution in [3.05, 3.63) is 65.7 Å². The topological polar surface area (TPSA) is 93.7 Å². The summed E-state index contributed by atoms with van der Waals surface area (Å²) in [4.78, 5) is 36.3. The van der Waals surface area contributed by atoms with Crippen LogP contribution >= 0.6 is 0 Å². The van der Waals surface area contributed by atoms with Crippen molar-refractivity contribution in [1.29, 1.82) is 0 Å². The van der Waals surface area contributed by atoms with Gasteiger partial charge < -0.3 is 14.8 Å². The quantitative estimate of drug-likeness (QED) is 0.681. The second-order valence-corrected chi connectivity index (χ2v) is 7.19. The molecule has 30 heavy (non-hydrogen) atoms. The first-order chi connectivity index (χ1) is 14.6. The molecule has 158 valence electrons. The molecule has 0 atom stereocenters. The van der Waals surface area contributed by atoms with Gasteiger partial charge in [-0.25, -0.2) is 9.59 Å². The van der Waals surface area contributed by atoms with Crippen LogP contribution in [0.25, 0.3) is 0 Å². The zero-order chi connectivity index (χ0) is 21.2. The third-order valence-electron chi connectivity index (χ3n) is 4.90. The summed E-state index contributed by atoms with van der Waals surface area (Å²) >= 11 is 0. The molecule has 0 bridgehead atoms. The van der Waals surface area contributed by atoms with Crippen molar-refractivity contribution in [3.8, 4) is 5.75 Å². The van der Waals surface area contributed by atoms with Crippen LogP contribution < -0.4 is 15.4 Å². The van der Waals surface area contributed by atoms with Crippen LogP contribution in [0.5, 0.6) is 5.75 Å². The predicted octanol–water partition coefficient (Wildman–Crippen LogP) is 3.58. The smallest absolute Gasteiger partial charge is 0.339 e. The minimum Gasteiger partial charge on any atom is -0.489 e. The van der Waals surface area contributed by atoms with Crippen LogP contribution in [0.4, 0.5) is 4.79 Å². The Labute approximate surface area is 175 Å². The number of hydrogen-bond acceptors (Lipinski definition) is 5. The Morgan fingerprint density at radius 1 is 0.900 bits per heavy atom. The minimum atomic E-state index is -0.672. The van der Waals surface area contributed by atoms with Crippen molar-refractivity contribution in [2.75, 3.05) is 6.61 Å². The molecule has 1 aliphatic carbocycles. The normalized spacial score (nSPS) is 13.9. The standard InChI is InChI=1S/C23H26N2O5/c26-21(25-23(28)24-18-10-3-1-4-11-18)16-30-22(27)20-14-8-7-9-17(20)15-29-19-12-5-2-6-13-19/h2,5-9,12-14,18H,1,3-4,10-11,15-16H2,(H2,24,25,26,28). The number of benzene rings is 2. The van der Waals surface area contributed by atoms with Gasteiger partial charge >= 0.3 is 12.0 Å². The highest BCUT2D eigenvalue weighted by Gasteiger charge is 2.18. The second-order valence-electron chi connectivity index (χ2n) is 7.19. The van der Waals surface area contributed by atoms with Gasteiger partial charge in [0.1, 0.15) is 12.4 Å². The molecule has 0 spiro atoms. The van der Waals surface area contributed by atoms with E-state index in [4.69, 9.17) is 9.47 Å². The van der Waals surface area contributed by atoms with Crippen LogP contribution in [0.15, 0.2) is 54.6 Å². The molecule has 2 aromatic rings. The average molecular weight is 410 g/mol. The Hall–Kier alpha value is -3.35. The predicted molar refractivity (Wildman–Crippen MR) is 111 cm³/mol. The van der Waals surface area contributed by atoms with Gasteiger partial charge in [0.25, 0.3) is 5.91 Å². The van der Waals surface area contributed by atoms with Gasteiger partial charge in [-0.1, -0.05) is 55.7 Å². The van der Waals surface area contributed by atoms with E-state index >= 15 is 0 Å². The fourth-order valence-electron chi connectivity index (χ4n) is 3.36. The lowest BCUT2D eigenvalue weighted by Gasteiger charge is -2.22. The van der Waals surface area contributed by atoms with E-state index in [1.807, 2.05) is 30.3 Å². The lowest BCUT2D eigenvalue weighted by atomic mass is 9.96. The van der Waals surface area contributed by atoms with E-state index in [0.29, 0.717) is 16.9 Å².